The second-order valence-corrected chi connectivity index (χ2v) is 5.01. The van der Waals surface area contributed by atoms with E-state index in [1.165, 1.54) is 0 Å². The molecule has 13 heavy (non-hydrogen) atoms. The number of thiophene rings is 1. The van der Waals surface area contributed by atoms with Gasteiger partial charge in [-0.05, 0) is 24.3 Å². The molecule has 0 saturated carbocycles. The van der Waals surface area contributed by atoms with Crippen LogP contribution in [0, 0.1) is 5.92 Å². The highest BCUT2D eigenvalue weighted by molar-refractivity contribution is 7.10. The van der Waals surface area contributed by atoms with Crippen LogP contribution in [-0.4, -0.2) is 0 Å². The molecule has 0 aliphatic carbocycles. The molecule has 2 unspecified atom stereocenters. The van der Waals surface area contributed by atoms with Gasteiger partial charge in [-0.25, -0.2) is 0 Å². The summed E-state index contributed by atoms with van der Waals surface area (Å²) in [5, 5.41) is 2.79. The second-order valence-electron chi connectivity index (χ2n) is 3.69. The van der Waals surface area contributed by atoms with E-state index in [2.05, 4.69) is 20.8 Å². The molecule has 1 rings (SSSR count). The molecule has 1 aromatic heterocycles. The van der Waals surface area contributed by atoms with Crippen molar-refractivity contribution in [2.24, 2.45) is 11.7 Å². The summed E-state index contributed by atoms with van der Waals surface area (Å²) in [6.07, 6.45) is 1.07. The van der Waals surface area contributed by atoms with E-state index in [1.54, 1.807) is 11.3 Å². The normalized spacial score (nSPS) is 18.2. The molecule has 0 spiro atoms. The molecular weight excluding hydrogens is 202 g/mol. The summed E-state index contributed by atoms with van der Waals surface area (Å²) in [7, 11) is 0. The van der Waals surface area contributed by atoms with Crippen molar-refractivity contribution in [3.8, 4) is 0 Å². The van der Waals surface area contributed by atoms with E-state index >= 15 is 0 Å². The van der Waals surface area contributed by atoms with E-state index in [9.17, 15) is 0 Å². The van der Waals surface area contributed by atoms with Crippen LogP contribution >= 0.6 is 22.9 Å². The topological polar surface area (TPSA) is 26.0 Å². The summed E-state index contributed by atoms with van der Waals surface area (Å²) >= 11 is 7.70. The summed E-state index contributed by atoms with van der Waals surface area (Å²) in [5.74, 6) is 0.448. The molecular formula is C10H16ClNS. The fraction of sp³-hybridized carbons (Fsp3) is 0.600. The van der Waals surface area contributed by atoms with Crippen LogP contribution in [0.15, 0.2) is 11.4 Å². The molecule has 2 atom stereocenters. The third-order valence-corrected chi connectivity index (χ3v) is 4.34. The molecule has 0 aliphatic heterocycles. The molecule has 0 amide bonds. The van der Waals surface area contributed by atoms with Crippen LogP contribution in [0.5, 0.6) is 0 Å². The molecule has 2 N–H and O–H groups in total. The fourth-order valence-corrected chi connectivity index (χ4v) is 2.78. The Morgan fingerprint density at radius 2 is 2.31 bits per heavy atom. The van der Waals surface area contributed by atoms with Gasteiger partial charge in [0.15, 0.2) is 0 Å². The van der Waals surface area contributed by atoms with E-state index in [0.717, 1.165) is 16.3 Å². The molecule has 1 aromatic rings. The van der Waals surface area contributed by atoms with Crippen LogP contribution in [0.4, 0.5) is 0 Å². The molecule has 3 heteroatoms. The zero-order valence-electron chi connectivity index (χ0n) is 8.30. The maximum Gasteiger partial charge on any atom is 0.0564 e. The number of nitrogens with two attached hydrogens (primary N) is 1. The Hall–Kier alpha value is -0.0500. The van der Waals surface area contributed by atoms with E-state index in [1.807, 2.05) is 11.4 Å². The van der Waals surface area contributed by atoms with E-state index in [4.69, 9.17) is 17.3 Å². The largest absolute Gasteiger partial charge is 0.321 e. The standard InChI is InChI=1S/C10H16ClNS/c1-4-7(2)10(3,12)9-8(11)5-6-13-9/h5-7H,4,12H2,1-3H3. The van der Waals surface area contributed by atoms with E-state index < -0.39 is 0 Å². The molecule has 0 radical (unpaired) electrons. The second kappa shape index (κ2) is 3.99. The minimum atomic E-state index is -0.292. The van der Waals surface area contributed by atoms with Gasteiger partial charge in [-0.3, -0.25) is 0 Å². The van der Waals surface area contributed by atoms with Crippen molar-refractivity contribution in [1.82, 2.24) is 0 Å². The van der Waals surface area contributed by atoms with Crippen molar-refractivity contribution in [2.45, 2.75) is 32.7 Å². The summed E-state index contributed by atoms with van der Waals surface area (Å²) in [4.78, 5) is 1.10. The van der Waals surface area contributed by atoms with Gasteiger partial charge in [0.1, 0.15) is 0 Å². The van der Waals surface area contributed by atoms with Gasteiger partial charge in [-0.2, -0.15) is 0 Å². The van der Waals surface area contributed by atoms with Gasteiger partial charge in [-0.1, -0.05) is 31.9 Å². The number of rotatable bonds is 3. The lowest BCUT2D eigenvalue weighted by Crippen LogP contribution is -2.39. The Labute approximate surface area is 88.9 Å². The number of hydrogen-bond donors (Lipinski definition) is 1. The molecule has 1 heterocycles. The van der Waals surface area contributed by atoms with Crippen LogP contribution in [0.1, 0.15) is 32.1 Å². The summed E-state index contributed by atoms with van der Waals surface area (Å²) < 4.78 is 0. The maximum atomic E-state index is 6.26. The van der Waals surface area contributed by atoms with Crippen LogP contribution in [0.25, 0.3) is 0 Å². The lowest BCUT2D eigenvalue weighted by atomic mass is 9.85. The van der Waals surface area contributed by atoms with Crippen LogP contribution < -0.4 is 5.73 Å². The first-order valence-corrected chi connectivity index (χ1v) is 5.78. The van der Waals surface area contributed by atoms with Crippen molar-refractivity contribution in [1.29, 1.82) is 0 Å². The monoisotopic (exact) mass is 217 g/mol. The molecule has 0 saturated heterocycles. The van der Waals surface area contributed by atoms with Crippen LogP contribution in [0.3, 0.4) is 0 Å². The van der Waals surface area contributed by atoms with Gasteiger partial charge in [0.2, 0.25) is 0 Å². The minimum absolute atomic E-state index is 0.292. The number of hydrogen-bond acceptors (Lipinski definition) is 2. The maximum absolute atomic E-state index is 6.26. The molecule has 0 aliphatic rings. The van der Waals surface area contributed by atoms with Gasteiger partial charge >= 0.3 is 0 Å². The molecule has 74 valence electrons. The fourth-order valence-electron chi connectivity index (χ4n) is 1.33. The summed E-state index contributed by atoms with van der Waals surface area (Å²) in [6.45, 7) is 6.37. The Kier molecular flexibility index (Phi) is 3.38. The lowest BCUT2D eigenvalue weighted by molar-refractivity contribution is 0.322. The van der Waals surface area contributed by atoms with E-state index in [-0.39, 0.29) is 5.54 Å². The molecule has 0 fully saturated rings. The first-order chi connectivity index (χ1) is 6.00. The van der Waals surface area contributed by atoms with Crippen LogP contribution in [0.2, 0.25) is 5.02 Å². The van der Waals surface area contributed by atoms with Gasteiger partial charge in [0.25, 0.3) is 0 Å². The predicted molar refractivity (Wildman–Crippen MR) is 60.3 cm³/mol. The van der Waals surface area contributed by atoms with Crippen molar-refractivity contribution in [2.75, 3.05) is 0 Å². The van der Waals surface area contributed by atoms with Crippen molar-refractivity contribution < 1.29 is 0 Å². The van der Waals surface area contributed by atoms with Crippen molar-refractivity contribution in [3.05, 3.63) is 21.3 Å². The van der Waals surface area contributed by atoms with Gasteiger partial charge < -0.3 is 5.73 Å². The smallest absolute Gasteiger partial charge is 0.0564 e. The average molecular weight is 218 g/mol. The quantitative estimate of drug-likeness (QED) is 0.823. The van der Waals surface area contributed by atoms with Gasteiger partial charge in [-0.15, -0.1) is 11.3 Å². The molecule has 1 nitrogen and oxygen atoms in total. The molecule has 0 bridgehead atoms. The predicted octanol–water partition coefficient (Wildman–Crippen LogP) is 3.62. The minimum Gasteiger partial charge on any atom is -0.321 e. The summed E-state index contributed by atoms with van der Waals surface area (Å²) in [5.41, 5.74) is 5.97. The Morgan fingerprint density at radius 3 is 2.69 bits per heavy atom. The lowest BCUT2D eigenvalue weighted by Gasteiger charge is -2.30. The van der Waals surface area contributed by atoms with E-state index in [0.29, 0.717) is 5.92 Å². The highest BCUT2D eigenvalue weighted by Gasteiger charge is 2.30. The Bertz CT molecular complexity index is 280. The Balaban J connectivity index is 2.99. The first kappa shape index (κ1) is 11.0. The SMILES string of the molecule is CCC(C)C(C)(N)c1sccc1Cl. The zero-order chi connectivity index (χ0) is 10.1. The first-order valence-electron chi connectivity index (χ1n) is 4.52. The highest BCUT2D eigenvalue weighted by Crippen LogP contribution is 2.36. The number of halogens is 1. The Morgan fingerprint density at radius 1 is 1.69 bits per heavy atom. The van der Waals surface area contributed by atoms with Gasteiger partial charge in [0, 0.05) is 4.88 Å². The van der Waals surface area contributed by atoms with Crippen molar-refractivity contribution >= 4 is 22.9 Å². The zero-order valence-corrected chi connectivity index (χ0v) is 9.88. The van der Waals surface area contributed by atoms with Crippen LogP contribution in [-0.2, 0) is 5.54 Å². The highest BCUT2D eigenvalue weighted by atomic mass is 35.5. The third kappa shape index (κ3) is 2.06. The molecule has 0 aromatic carbocycles. The third-order valence-electron chi connectivity index (χ3n) is 2.74. The summed E-state index contributed by atoms with van der Waals surface area (Å²) in [6, 6.07) is 1.91. The van der Waals surface area contributed by atoms with Gasteiger partial charge in [0.05, 0.1) is 10.6 Å². The average Bonchev–Trinajstić information content (AvgIpc) is 2.50. The van der Waals surface area contributed by atoms with Crippen molar-refractivity contribution in [3.63, 3.8) is 0 Å².